The first kappa shape index (κ1) is 12.4. The summed E-state index contributed by atoms with van der Waals surface area (Å²) in [6, 6.07) is 9.66. The second kappa shape index (κ2) is 4.78. The number of hydrogen-bond acceptors (Lipinski definition) is 2. The lowest BCUT2D eigenvalue weighted by Crippen LogP contribution is -2.21. The van der Waals surface area contributed by atoms with E-state index in [4.69, 9.17) is 11.6 Å². The average Bonchev–Trinajstić information content (AvgIpc) is 2.39. The Morgan fingerprint density at radius 2 is 1.89 bits per heavy atom. The Hall–Kier alpha value is -1.67. The molecule has 1 heterocycles. The molecule has 2 aromatic rings. The summed E-state index contributed by atoms with van der Waals surface area (Å²) < 4.78 is 0. The Morgan fingerprint density at radius 3 is 2.63 bits per heavy atom. The average molecular weight is 272 g/mol. The zero-order valence-electron chi connectivity index (χ0n) is 10.7. The summed E-state index contributed by atoms with van der Waals surface area (Å²) in [5, 5.41) is 0.722. The van der Waals surface area contributed by atoms with Crippen molar-refractivity contribution in [1.82, 2.24) is 4.98 Å². The van der Waals surface area contributed by atoms with Crippen LogP contribution in [0.1, 0.15) is 39.5 Å². The number of benzene rings is 1. The highest BCUT2D eigenvalue weighted by molar-refractivity contribution is 6.30. The molecule has 0 fully saturated rings. The van der Waals surface area contributed by atoms with Gasteiger partial charge in [0, 0.05) is 23.2 Å². The molecule has 1 aromatic carbocycles. The maximum absolute atomic E-state index is 12.3. The van der Waals surface area contributed by atoms with E-state index in [9.17, 15) is 4.79 Å². The van der Waals surface area contributed by atoms with E-state index in [1.807, 2.05) is 37.3 Å². The molecule has 0 amide bonds. The van der Waals surface area contributed by atoms with Crippen molar-refractivity contribution in [2.75, 3.05) is 0 Å². The molecular formula is C16H14ClNO. The maximum atomic E-state index is 12.3. The molecular weight excluding hydrogens is 258 g/mol. The summed E-state index contributed by atoms with van der Waals surface area (Å²) in [4.78, 5) is 16.7. The van der Waals surface area contributed by atoms with Gasteiger partial charge in [-0.05, 0) is 48.6 Å². The van der Waals surface area contributed by atoms with Gasteiger partial charge in [-0.2, -0.15) is 0 Å². The van der Waals surface area contributed by atoms with Crippen molar-refractivity contribution in [3.05, 3.63) is 63.9 Å². The minimum Gasteiger partial charge on any atom is -0.294 e. The smallest absolute Gasteiger partial charge is 0.165 e. The van der Waals surface area contributed by atoms with Crippen LogP contribution in [0.5, 0.6) is 0 Å². The van der Waals surface area contributed by atoms with E-state index in [2.05, 4.69) is 4.98 Å². The third-order valence-corrected chi connectivity index (χ3v) is 3.98. The third kappa shape index (κ3) is 2.28. The molecule has 96 valence electrons. The molecule has 1 aliphatic carbocycles. The molecule has 0 saturated heterocycles. The van der Waals surface area contributed by atoms with E-state index < -0.39 is 0 Å². The van der Waals surface area contributed by atoms with E-state index >= 15 is 0 Å². The van der Waals surface area contributed by atoms with E-state index in [0.717, 1.165) is 33.8 Å². The van der Waals surface area contributed by atoms with E-state index in [1.165, 1.54) is 0 Å². The van der Waals surface area contributed by atoms with Crippen LogP contribution >= 0.6 is 11.6 Å². The number of carbonyl (C=O) groups excluding carboxylic acids is 1. The molecule has 3 heteroatoms. The van der Waals surface area contributed by atoms with Crippen LogP contribution < -0.4 is 0 Å². The highest BCUT2D eigenvalue weighted by atomic mass is 35.5. The van der Waals surface area contributed by atoms with Crippen LogP contribution in [0.25, 0.3) is 0 Å². The van der Waals surface area contributed by atoms with Gasteiger partial charge in [-0.15, -0.1) is 0 Å². The number of carbonyl (C=O) groups is 1. The lowest BCUT2D eigenvalue weighted by Gasteiger charge is -2.24. The predicted octanol–water partition coefficient (Wildman–Crippen LogP) is 3.96. The number of aryl methyl sites for hydroxylation is 1. The Bertz CT molecular complexity index is 634. The Kier molecular flexibility index (Phi) is 3.11. The lowest BCUT2D eigenvalue weighted by molar-refractivity contribution is 0.0962. The zero-order chi connectivity index (χ0) is 13.4. The standard InChI is InChI=1S/C16H14ClNO/c1-10-6-7-18-14-8-12(9-15(19)16(10)14)11-2-4-13(17)5-3-11/h2-7,12H,8-9H2,1H3. The normalized spacial score (nSPS) is 18.2. The number of fused-ring (bicyclic) bond motifs is 1. The number of rotatable bonds is 1. The van der Waals surface area contributed by atoms with Gasteiger partial charge >= 0.3 is 0 Å². The minimum atomic E-state index is 0.201. The summed E-state index contributed by atoms with van der Waals surface area (Å²) >= 11 is 5.90. The predicted molar refractivity (Wildman–Crippen MR) is 75.8 cm³/mol. The van der Waals surface area contributed by atoms with Crippen molar-refractivity contribution in [2.24, 2.45) is 0 Å². The molecule has 1 unspecified atom stereocenters. The van der Waals surface area contributed by atoms with Crippen molar-refractivity contribution in [3.63, 3.8) is 0 Å². The van der Waals surface area contributed by atoms with Crippen LogP contribution in [0.4, 0.5) is 0 Å². The SMILES string of the molecule is Cc1ccnc2c1C(=O)CC(c1ccc(Cl)cc1)C2. The summed E-state index contributed by atoms with van der Waals surface area (Å²) in [6.07, 6.45) is 3.16. The molecule has 0 bridgehead atoms. The second-order valence-corrected chi connectivity index (χ2v) is 5.47. The van der Waals surface area contributed by atoms with Crippen molar-refractivity contribution in [3.8, 4) is 0 Å². The molecule has 0 spiro atoms. The highest BCUT2D eigenvalue weighted by Gasteiger charge is 2.28. The third-order valence-electron chi connectivity index (χ3n) is 3.73. The van der Waals surface area contributed by atoms with Crippen LogP contribution in [-0.2, 0) is 6.42 Å². The van der Waals surface area contributed by atoms with Gasteiger partial charge in [0.05, 0.1) is 5.69 Å². The van der Waals surface area contributed by atoms with E-state index in [1.54, 1.807) is 6.20 Å². The summed E-state index contributed by atoms with van der Waals surface area (Å²) in [5.74, 6) is 0.415. The molecule has 0 radical (unpaired) electrons. The van der Waals surface area contributed by atoms with Gasteiger partial charge in [0.1, 0.15) is 0 Å². The van der Waals surface area contributed by atoms with Crippen LogP contribution in [0, 0.1) is 6.92 Å². The van der Waals surface area contributed by atoms with Crippen molar-refractivity contribution in [1.29, 1.82) is 0 Å². The van der Waals surface area contributed by atoms with E-state index in [-0.39, 0.29) is 11.7 Å². The first-order chi connectivity index (χ1) is 9.15. The van der Waals surface area contributed by atoms with Crippen LogP contribution in [0.2, 0.25) is 5.02 Å². The molecule has 1 atom stereocenters. The molecule has 1 aliphatic rings. The lowest BCUT2D eigenvalue weighted by atomic mass is 9.80. The molecule has 0 N–H and O–H groups in total. The fourth-order valence-corrected chi connectivity index (χ4v) is 2.88. The zero-order valence-corrected chi connectivity index (χ0v) is 11.4. The maximum Gasteiger partial charge on any atom is 0.165 e. The first-order valence-corrected chi connectivity index (χ1v) is 6.76. The topological polar surface area (TPSA) is 30.0 Å². The largest absolute Gasteiger partial charge is 0.294 e. The van der Waals surface area contributed by atoms with Gasteiger partial charge in [-0.3, -0.25) is 9.78 Å². The van der Waals surface area contributed by atoms with Gasteiger partial charge in [0.2, 0.25) is 0 Å². The number of pyridine rings is 1. The summed E-state index contributed by atoms with van der Waals surface area (Å²) in [5.41, 5.74) is 3.94. The fourth-order valence-electron chi connectivity index (χ4n) is 2.75. The Balaban J connectivity index is 1.97. The highest BCUT2D eigenvalue weighted by Crippen LogP contribution is 2.33. The number of ketones is 1. The minimum absolute atomic E-state index is 0.201. The molecule has 2 nitrogen and oxygen atoms in total. The van der Waals surface area contributed by atoms with Gasteiger partial charge in [-0.1, -0.05) is 23.7 Å². The van der Waals surface area contributed by atoms with Crippen molar-refractivity contribution < 1.29 is 4.79 Å². The second-order valence-electron chi connectivity index (χ2n) is 5.03. The summed E-state index contributed by atoms with van der Waals surface area (Å²) in [6.45, 7) is 1.97. The van der Waals surface area contributed by atoms with Gasteiger partial charge in [0.15, 0.2) is 5.78 Å². The molecule has 0 aliphatic heterocycles. The Labute approximate surface area is 117 Å². The van der Waals surface area contributed by atoms with Crippen molar-refractivity contribution >= 4 is 17.4 Å². The van der Waals surface area contributed by atoms with Crippen molar-refractivity contribution in [2.45, 2.75) is 25.7 Å². The van der Waals surface area contributed by atoms with Gasteiger partial charge < -0.3 is 0 Å². The monoisotopic (exact) mass is 271 g/mol. The molecule has 3 rings (SSSR count). The number of halogens is 1. The quantitative estimate of drug-likeness (QED) is 0.786. The van der Waals surface area contributed by atoms with Crippen LogP contribution in [0.3, 0.4) is 0 Å². The molecule has 1 aromatic heterocycles. The number of hydrogen-bond donors (Lipinski definition) is 0. The van der Waals surface area contributed by atoms with Gasteiger partial charge in [0.25, 0.3) is 0 Å². The number of aromatic nitrogens is 1. The summed E-state index contributed by atoms with van der Waals surface area (Å²) in [7, 11) is 0. The van der Waals surface area contributed by atoms with Gasteiger partial charge in [-0.25, -0.2) is 0 Å². The van der Waals surface area contributed by atoms with Crippen LogP contribution in [0.15, 0.2) is 36.5 Å². The number of nitrogens with zero attached hydrogens (tertiary/aromatic N) is 1. The fraction of sp³-hybridized carbons (Fsp3) is 0.250. The first-order valence-electron chi connectivity index (χ1n) is 6.38. The molecule has 19 heavy (non-hydrogen) atoms. The van der Waals surface area contributed by atoms with Crippen LogP contribution in [-0.4, -0.2) is 10.8 Å². The number of Topliss-reactive ketones (excluding diaryl/α,β-unsaturated/α-hetero) is 1. The Morgan fingerprint density at radius 1 is 1.16 bits per heavy atom. The van der Waals surface area contributed by atoms with E-state index in [0.29, 0.717) is 6.42 Å². The molecule has 0 saturated carbocycles.